The van der Waals surface area contributed by atoms with Gasteiger partial charge >= 0.3 is 5.97 Å². The van der Waals surface area contributed by atoms with Gasteiger partial charge < -0.3 is 19.3 Å². The Bertz CT molecular complexity index is 945. The third-order valence-electron chi connectivity index (χ3n) is 3.50. The predicted molar refractivity (Wildman–Crippen MR) is 100 cm³/mol. The zero-order chi connectivity index (χ0) is 20.0. The number of aliphatic carboxylic acids is 1. The highest BCUT2D eigenvalue weighted by atomic mass is 32.2. The topological polar surface area (TPSA) is 111 Å². The van der Waals surface area contributed by atoms with Crippen molar-refractivity contribution in [2.45, 2.75) is 4.90 Å². The van der Waals surface area contributed by atoms with Gasteiger partial charge in [-0.15, -0.1) is 0 Å². The fourth-order valence-electron chi connectivity index (χ4n) is 2.25. The van der Waals surface area contributed by atoms with Gasteiger partial charge in [0.2, 0.25) is 0 Å². The number of rotatable bonds is 8. The SMILES string of the molecule is COc1cc(NS(=O)(=O)c2cc(/C=C/C(=O)O)ccc2OC)cc(OC)c1. The van der Waals surface area contributed by atoms with Crippen molar-refractivity contribution in [3.8, 4) is 17.2 Å². The monoisotopic (exact) mass is 393 g/mol. The third kappa shape index (κ3) is 5.14. The van der Waals surface area contributed by atoms with Crippen molar-refractivity contribution in [1.82, 2.24) is 0 Å². The van der Waals surface area contributed by atoms with Crippen LogP contribution in [-0.2, 0) is 14.8 Å². The summed E-state index contributed by atoms with van der Waals surface area (Å²) < 4.78 is 43.6. The summed E-state index contributed by atoms with van der Waals surface area (Å²) in [6.07, 6.45) is 2.20. The van der Waals surface area contributed by atoms with Crippen molar-refractivity contribution in [1.29, 1.82) is 0 Å². The summed E-state index contributed by atoms with van der Waals surface area (Å²) >= 11 is 0. The molecule has 0 atom stereocenters. The van der Waals surface area contributed by atoms with Crippen LogP contribution in [0, 0.1) is 0 Å². The van der Waals surface area contributed by atoms with Crippen LogP contribution in [0.15, 0.2) is 47.4 Å². The average Bonchev–Trinajstić information content (AvgIpc) is 2.65. The lowest BCUT2D eigenvalue weighted by molar-refractivity contribution is -0.131. The number of anilines is 1. The van der Waals surface area contributed by atoms with Crippen LogP contribution in [0.25, 0.3) is 6.08 Å². The minimum Gasteiger partial charge on any atom is -0.497 e. The van der Waals surface area contributed by atoms with Crippen molar-refractivity contribution in [3.05, 3.63) is 48.0 Å². The van der Waals surface area contributed by atoms with Crippen LogP contribution in [-0.4, -0.2) is 40.8 Å². The number of carboxylic acid groups (broad SMARTS) is 1. The molecule has 0 fully saturated rings. The van der Waals surface area contributed by atoms with Gasteiger partial charge in [0.25, 0.3) is 10.0 Å². The first kappa shape index (κ1) is 20.1. The second-order valence-corrected chi connectivity index (χ2v) is 6.94. The van der Waals surface area contributed by atoms with Gasteiger partial charge in [-0.2, -0.15) is 0 Å². The number of nitrogens with one attached hydrogen (secondary N) is 1. The standard InChI is InChI=1S/C18H19NO7S/c1-24-14-9-13(10-15(11-14)25-2)19-27(22,23)17-8-12(5-7-18(20)21)4-6-16(17)26-3/h4-11,19H,1-3H3,(H,20,21)/b7-5+. The normalized spacial score (nSPS) is 11.2. The summed E-state index contributed by atoms with van der Waals surface area (Å²) in [5.41, 5.74) is 0.626. The molecular weight excluding hydrogens is 374 g/mol. The highest BCUT2D eigenvalue weighted by molar-refractivity contribution is 7.92. The summed E-state index contributed by atoms with van der Waals surface area (Å²) in [6.45, 7) is 0. The molecule has 0 aliphatic heterocycles. The molecule has 0 aliphatic rings. The van der Waals surface area contributed by atoms with E-state index in [9.17, 15) is 13.2 Å². The van der Waals surface area contributed by atoms with Crippen molar-refractivity contribution >= 4 is 27.8 Å². The Labute approximate surface area is 157 Å². The largest absolute Gasteiger partial charge is 0.497 e. The van der Waals surface area contributed by atoms with E-state index in [0.29, 0.717) is 17.1 Å². The van der Waals surface area contributed by atoms with Crippen LogP contribution < -0.4 is 18.9 Å². The Hall–Kier alpha value is -3.20. The van der Waals surface area contributed by atoms with E-state index in [1.165, 1.54) is 51.7 Å². The van der Waals surface area contributed by atoms with Crippen molar-refractivity contribution in [3.63, 3.8) is 0 Å². The van der Waals surface area contributed by atoms with E-state index < -0.39 is 16.0 Å². The minimum atomic E-state index is -4.03. The lowest BCUT2D eigenvalue weighted by Crippen LogP contribution is -2.14. The molecule has 0 aromatic heterocycles. The van der Waals surface area contributed by atoms with Crippen molar-refractivity contribution in [2.75, 3.05) is 26.1 Å². The van der Waals surface area contributed by atoms with E-state index in [4.69, 9.17) is 19.3 Å². The van der Waals surface area contributed by atoms with E-state index in [2.05, 4.69) is 4.72 Å². The van der Waals surface area contributed by atoms with Crippen LogP contribution in [0.3, 0.4) is 0 Å². The van der Waals surface area contributed by atoms with E-state index >= 15 is 0 Å². The quantitative estimate of drug-likeness (QED) is 0.663. The highest BCUT2D eigenvalue weighted by Gasteiger charge is 2.21. The number of methoxy groups -OCH3 is 3. The van der Waals surface area contributed by atoms with Gasteiger partial charge in [0.15, 0.2) is 0 Å². The Morgan fingerprint density at radius 2 is 1.63 bits per heavy atom. The molecule has 9 heteroatoms. The molecule has 0 aliphatic carbocycles. The number of benzene rings is 2. The number of carboxylic acids is 1. The molecule has 0 bridgehead atoms. The number of ether oxygens (including phenoxy) is 3. The number of hydrogen-bond acceptors (Lipinski definition) is 6. The first-order valence-electron chi connectivity index (χ1n) is 7.64. The lowest BCUT2D eigenvalue weighted by Gasteiger charge is -2.14. The van der Waals surface area contributed by atoms with E-state index in [-0.39, 0.29) is 16.3 Å². The van der Waals surface area contributed by atoms with Gasteiger partial charge in [0.05, 0.1) is 27.0 Å². The summed E-state index contributed by atoms with van der Waals surface area (Å²) in [4.78, 5) is 10.5. The average molecular weight is 393 g/mol. The Morgan fingerprint density at radius 3 is 2.15 bits per heavy atom. The molecule has 144 valence electrons. The molecule has 8 nitrogen and oxygen atoms in total. The zero-order valence-corrected chi connectivity index (χ0v) is 15.7. The molecule has 0 saturated carbocycles. The fraction of sp³-hybridized carbons (Fsp3) is 0.167. The molecule has 0 radical (unpaired) electrons. The van der Waals surface area contributed by atoms with Gasteiger partial charge in [-0.25, -0.2) is 13.2 Å². The van der Waals surface area contributed by atoms with Crippen LogP contribution in [0.2, 0.25) is 0 Å². The van der Waals surface area contributed by atoms with Gasteiger partial charge in [-0.1, -0.05) is 6.07 Å². The van der Waals surface area contributed by atoms with Crippen molar-refractivity contribution < 1.29 is 32.5 Å². The zero-order valence-electron chi connectivity index (χ0n) is 14.9. The van der Waals surface area contributed by atoms with Gasteiger partial charge in [-0.05, 0) is 23.8 Å². The summed E-state index contributed by atoms with van der Waals surface area (Å²) in [6, 6.07) is 8.92. The second-order valence-electron chi connectivity index (χ2n) is 5.29. The van der Waals surface area contributed by atoms with Crippen LogP contribution in [0.4, 0.5) is 5.69 Å². The van der Waals surface area contributed by atoms with E-state index in [1.807, 2.05) is 0 Å². The fourth-order valence-corrected chi connectivity index (χ4v) is 3.50. The number of hydrogen-bond donors (Lipinski definition) is 2. The van der Waals surface area contributed by atoms with Crippen molar-refractivity contribution in [2.24, 2.45) is 0 Å². The van der Waals surface area contributed by atoms with Crippen LogP contribution in [0.5, 0.6) is 17.2 Å². The van der Waals surface area contributed by atoms with E-state index in [1.54, 1.807) is 12.1 Å². The molecule has 0 spiro atoms. The molecule has 2 N–H and O–H groups in total. The smallest absolute Gasteiger partial charge is 0.328 e. The molecule has 0 unspecified atom stereocenters. The Balaban J connectivity index is 2.46. The molecule has 2 aromatic carbocycles. The molecule has 2 aromatic rings. The Kier molecular flexibility index (Phi) is 6.30. The number of carbonyl (C=O) groups is 1. The van der Waals surface area contributed by atoms with Crippen LogP contribution in [0.1, 0.15) is 5.56 Å². The molecule has 0 amide bonds. The maximum atomic E-state index is 12.9. The molecule has 27 heavy (non-hydrogen) atoms. The molecule has 2 rings (SSSR count). The first-order chi connectivity index (χ1) is 12.8. The predicted octanol–water partition coefficient (Wildman–Crippen LogP) is 2.61. The third-order valence-corrected chi connectivity index (χ3v) is 4.90. The summed E-state index contributed by atoms with van der Waals surface area (Å²) in [5, 5.41) is 8.73. The van der Waals surface area contributed by atoms with Gasteiger partial charge in [0, 0.05) is 24.3 Å². The maximum absolute atomic E-state index is 12.9. The Morgan fingerprint density at radius 1 is 1.00 bits per heavy atom. The molecule has 0 heterocycles. The first-order valence-corrected chi connectivity index (χ1v) is 9.12. The minimum absolute atomic E-state index is 0.116. The van der Waals surface area contributed by atoms with E-state index in [0.717, 1.165) is 6.08 Å². The summed E-state index contributed by atoms with van der Waals surface area (Å²) in [7, 11) is 0.214. The van der Waals surface area contributed by atoms with Gasteiger partial charge in [-0.3, -0.25) is 4.72 Å². The molecular formula is C18H19NO7S. The lowest BCUT2D eigenvalue weighted by atomic mass is 10.2. The number of sulfonamides is 1. The second kappa shape index (κ2) is 8.45. The molecule has 0 saturated heterocycles. The highest BCUT2D eigenvalue weighted by Crippen LogP contribution is 2.30. The van der Waals surface area contributed by atoms with Gasteiger partial charge in [0.1, 0.15) is 22.1 Å². The maximum Gasteiger partial charge on any atom is 0.328 e. The summed E-state index contributed by atoms with van der Waals surface area (Å²) in [5.74, 6) is -0.198. The van der Waals surface area contributed by atoms with Crippen LogP contribution >= 0.6 is 0 Å².